The normalized spacial score (nSPS) is 17.3. The number of sulfonamides is 1. The summed E-state index contributed by atoms with van der Waals surface area (Å²) < 4.78 is 32.9. The van der Waals surface area contributed by atoms with Gasteiger partial charge in [0.25, 0.3) is 0 Å². The van der Waals surface area contributed by atoms with Crippen molar-refractivity contribution in [3.05, 3.63) is 22.7 Å². The topological polar surface area (TPSA) is 106 Å². The number of hydrogen-bond donors (Lipinski definition) is 1. The van der Waals surface area contributed by atoms with Crippen molar-refractivity contribution >= 4 is 43.5 Å². The van der Waals surface area contributed by atoms with E-state index in [2.05, 4.69) is 16.6 Å². The summed E-state index contributed by atoms with van der Waals surface area (Å²) in [5.74, 6) is 0.00204. The van der Waals surface area contributed by atoms with Gasteiger partial charge in [-0.2, -0.15) is 0 Å². The molecular formula is C20H27N3O5S2. The van der Waals surface area contributed by atoms with Crippen molar-refractivity contribution in [1.82, 2.24) is 14.6 Å². The van der Waals surface area contributed by atoms with Crippen molar-refractivity contribution in [2.75, 3.05) is 26.2 Å². The number of carbonyl (C=O) groups is 2. The van der Waals surface area contributed by atoms with Crippen molar-refractivity contribution < 1.29 is 22.7 Å². The van der Waals surface area contributed by atoms with Crippen LogP contribution in [0.3, 0.4) is 0 Å². The molecule has 1 aliphatic heterocycles. The third-order valence-corrected chi connectivity index (χ3v) is 7.80. The van der Waals surface area contributed by atoms with Crippen LogP contribution in [-0.2, 0) is 19.6 Å². The Balaban J connectivity index is 1.68. The van der Waals surface area contributed by atoms with Gasteiger partial charge < -0.3 is 9.64 Å². The molecule has 10 heteroatoms. The van der Waals surface area contributed by atoms with Crippen molar-refractivity contribution in [2.24, 2.45) is 5.92 Å². The fourth-order valence-corrected chi connectivity index (χ4v) is 5.59. The number of likely N-dealkylation sites (tertiary alicyclic amines) is 1. The monoisotopic (exact) mass is 453 g/mol. The second-order valence-corrected chi connectivity index (χ2v) is 10.3. The third kappa shape index (κ3) is 4.98. The summed E-state index contributed by atoms with van der Waals surface area (Å²) in [5.41, 5.74) is 0.646. The van der Waals surface area contributed by atoms with Crippen LogP contribution in [0.4, 0.5) is 0 Å². The number of piperidine rings is 1. The number of carbonyl (C=O) groups excluding carboxylic acids is 2. The Kier molecular flexibility index (Phi) is 7.10. The molecule has 0 spiro atoms. The maximum absolute atomic E-state index is 12.7. The first-order valence-corrected chi connectivity index (χ1v) is 12.4. The van der Waals surface area contributed by atoms with Gasteiger partial charge in [-0.3, -0.25) is 4.79 Å². The lowest BCUT2D eigenvalue weighted by Gasteiger charge is -2.31. The molecule has 2 aromatic heterocycles. The lowest BCUT2D eigenvalue weighted by molar-refractivity contribution is -0.132. The van der Waals surface area contributed by atoms with Crippen LogP contribution in [0.5, 0.6) is 0 Å². The second kappa shape index (κ2) is 9.40. The predicted octanol–water partition coefficient (Wildman–Crippen LogP) is 2.71. The van der Waals surface area contributed by atoms with E-state index in [1.807, 2.05) is 4.90 Å². The van der Waals surface area contributed by atoms with Gasteiger partial charge in [0.2, 0.25) is 15.9 Å². The smallest absolute Gasteiger partial charge is 0.348 e. The van der Waals surface area contributed by atoms with Crippen LogP contribution in [0.15, 0.2) is 17.2 Å². The van der Waals surface area contributed by atoms with E-state index in [0.717, 1.165) is 25.9 Å². The fraction of sp³-hybridized carbons (Fsp3) is 0.550. The van der Waals surface area contributed by atoms with E-state index in [1.165, 1.54) is 23.6 Å². The van der Waals surface area contributed by atoms with Gasteiger partial charge in [0.15, 0.2) is 0 Å². The van der Waals surface area contributed by atoms with Crippen molar-refractivity contribution in [3.8, 4) is 0 Å². The van der Waals surface area contributed by atoms with Crippen LogP contribution in [0.1, 0.15) is 48.3 Å². The first-order valence-electron chi connectivity index (χ1n) is 10.1. The Labute approximate surface area is 180 Å². The van der Waals surface area contributed by atoms with Crippen molar-refractivity contribution in [3.63, 3.8) is 0 Å². The summed E-state index contributed by atoms with van der Waals surface area (Å²) in [5, 5.41) is 0.601. The number of ether oxygens (including phenoxy) is 1. The lowest BCUT2D eigenvalue weighted by Crippen LogP contribution is -2.40. The van der Waals surface area contributed by atoms with Gasteiger partial charge in [0.1, 0.15) is 14.6 Å². The van der Waals surface area contributed by atoms with Crippen molar-refractivity contribution in [2.45, 2.75) is 44.9 Å². The number of thiophene rings is 1. The molecule has 1 amide bonds. The highest BCUT2D eigenvalue weighted by molar-refractivity contribution is 7.89. The molecule has 1 saturated heterocycles. The molecule has 3 heterocycles. The summed E-state index contributed by atoms with van der Waals surface area (Å²) in [6.45, 7) is 7.34. The number of hydrogen-bond acceptors (Lipinski definition) is 7. The molecule has 1 aliphatic rings. The highest BCUT2D eigenvalue weighted by Gasteiger charge is 2.23. The Morgan fingerprint density at radius 3 is 2.87 bits per heavy atom. The van der Waals surface area contributed by atoms with Gasteiger partial charge in [-0.1, -0.05) is 6.92 Å². The quantitative estimate of drug-likeness (QED) is 0.646. The third-order valence-electron chi connectivity index (χ3n) is 5.18. The van der Waals surface area contributed by atoms with E-state index in [4.69, 9.17) is 4.74 Å². The fourth-order valence-electron chi connectivity index (χ4n) is 3.57. The van der Waals surface area contributed by atoms with Crippen LogP contribution in [-0.4, -0.2) is 56.4 Å². The zero-order valence-corrected chi connectivity index (χ0v) is 19.1. The Morgan fingerprint density at radius 2 is 2.17 bits per heavy atom. The van der Waals surface area contributed by atoms with Crippen LogP contribution in [0.2, 0.25) is 0 Å². The van der Waals surface area contributed by atoms with Crippen LogP contribution in [0.25, 0.3) is 10.2 Å². The Morgan fingerprint density at radius 1 is 1.40 bits per heavy atom. The van der Waals surface area contributed by atoms with Gasteiger partial charge in [0.05, 0.1) is 6.61 Å². The molecule has 0 saturated carbocycles. The zero-order valence-electron chi connectivity index (χ0n) is 17.4. The molecule has 0 aromatic carbocycles. The second-order valence-electron chi connectivity index (χ2n) is 7.54. The average molecular weight is 454 g/mol. The molecule has 8 nitrogen and oxygen atoms in total. The summed E-state index contributed by atoms with van der Waals surface area (Å²) >= 11 is 1.18. The average Bonchev–Trinajstić information content (AvgIpc) is 3.04. The van der Waals surface area contributed by atoms with Gasteiger partial charge in [-0.05, 0) is 44.2 Å². The number of fused-ring (bicyclic) bond motifs is 1. The number of esters is 1. The Bertz CT molecular complexity index is 1050. The highest BCUT2D eigenvalue weighted by atomic mass is 32.2. The van der Waals surface area contributed by atoms with Crippen LogP contribution < -0.4 is 4.72 Å². The zero-order chi connectivity index (χ0) is 21.9. The van der Waals surface area contributed by atoms with Crippen LogP contribution in [0, 0.1) is 12.8 Å². The summed E-state index contributed by atoms with van der Waals surface area (Å²) in [4.78, 5) is 31.4. The minimum absolute atomic E-state index is 0.00496. The number of nitrogens with one attached hydrogen (secondary N) is 1. The molecule has 0 aliphatic carbocycles. The molecule has 1 atom stereocenters. The molecule has 164 valence electrons. The van der Waals surface area contributed by atoms with Gasteiger partial charge in [-0.25, -0.2) is 22.9 Å². The molecule has 30 heavy (non-hydrogen) atoms. The Hall–Kier alpha value is -2.04. The number of aromatic nitrogens is 1. The molecular weight excluding hydrogens is 426 g/mol. The first kappa shape index (κ1) is 22.6. The largest absolute Gasteiger partial charge is 0.462 e. The molecule has 2 aromatic rings. The van der Waals surface area contributed by atoms with E-state index in [9.17, 15) is 18.0 Å². The summed E-state index contributed by atoms with van der Waals surface area (Å²) in [6.07, 6.45) is 3.49. The van der Waals surface area contributed by atoms with E-state index >= 15 is 0 Å². The highest BCUT2D eigenvalue weighted by Crippen LogP contribution is 2.31. The molecule has 0 bridgehead atoms. The maximum atomic E-state index is 12.7. The molecule has 1 unspecified atom stereocenters. The van der Waals surface area contributed by atoms with E-state index in [-0.39, 0.29) is 30.4 Å². The van der Waals surface area contributed by atoms with E-state index in [0.29, 0.717) is 26.6 Å². The number of aryl methyl sites for hydroxylation is 1. The van der Waals surface area contributed by atoms with E-state index < -0.39 is 16.0 Å². The minimum atomic E-state index is -3.82. The molecule has 1 fully saturated rings. The number of amides is 1. The number of nitrogens with zero attached hydrogens (tertiary/aromatic N) is 2. The van der Waals surface area contributed by atoms with Crippen LogP contribution >= 0.6 is 11.3 Å². The maximum Gasteiger partial charge on any atom is 0.348 e. The summed E-state index contributed by atoms with van der Waals surface area (Å²) in [7, 11) is -3.82. The number of pyridine rings is 1. The predicted molar refractivity (Wildman–Crippen MR) is 115 cm³/mol. The summed E-state index contributed by atoms with van der Waals surface area (Å²) in [6, 6.07) is 1.51. The standard InChI is InChI=1S/C20H27N3O5S2/c1-4-28-20(25)18-14(3)16-10-15(11-21-19(16)29-18)30(26,27)22-8-7-17(24)23-9-5-6-13(2)12-23/h10-11,13,22H,4-9,12H2,1-3H3. The van der Waals surface area contributed by atoms with Gasteiger partial charge in [0, 0.05) is 37.6 Å². The molecule has 3 rings (SSSR count). The van der Waals surface area contributed by atoms with E-state index in [1.54, 1.807) is 13.8 Å². The number of rotatable bonds is 7. The first-order chi connectivity index (χ1) is 14.2. The SMILES string of the molecule is CCOC(=O)c1sc2ncc(S(=O)(=O)NCCC(=O)N3CCCC(C)C3)cc2c1C. The minimum Gasteiger partial charge on any atom is -0.462 e. The van der Waals surface area contributed by atoms with Gasteiger partial charge in [-0.15, -0.1) is 11.3 Å². The molecule has 1 N–H and O–H groups in total. The van der Waals surface area contributed by atoms with Crippen molar-refractivity contribution in [1.29, 1.82) is 0 Å². The lowest BCUT2D eigenvalue weighted by atomic mass is 10.0. The van der Waals surface area contributed by atoms with Gasteiger partial charge >= 0.3 is 5.97 Å². The molecule has 0 radical (unpaired) electrons.